The summed E-state index contributed by atoms with van der Waals surface area (Å²) < 4.78 is 53.7. The number of amides is 1. The van der Waals surface area contributed by atoms with E-state index in [2.05, 4.69) is 39.6 Å². The number of hydrogen-bond acceptors (Lipinski definition) is 5. The molecule has 2 unspecified atom stereocenters. The van der Waals surface area contributed by atoms with E-state index in [0.29, 0.717) is 22.2 Å². The number of benzene rings is 2. The standard InChI is InChI=1S/C29H34F4N6O/c1-19(2)28(13-10-25(17-28)38-14-11-22(12-15-38)21-6-8-23(30)9-7-21)27(40)34-18-20-4-3-5-24(16-20)39-26(29(31,32)33)35-36-37-39/h3-9,16,19,22,25H,10-15,17-18H2,1-2H3,(H,34,40). The number of tetrazole rings is 1. The molecule has 5 rings (SSSR count). The molecule has 2 aliphatic rings. The number of aromatic nitrogens is 4. The van der Waals surface area contributed by atoms with Gasteiger partial charge in [0.05, 0.1) is 11.1 Å². The average Bonchev–Trinajstić information content (AvgIpc) is 3.62. The monoisotopic (exact) mass is 558 g/mol. The minimum atomic E-state index is -4.69. The van der Waals surface area contributed by atoms with E-state index in [1.54, 1.807) is 18.2 Å². The summed E-state index contributed by atoms with van der Waals surface area (Å²) in [6.07, 6.45) is -0.155. The number of rotatable bonds is 7. The number of nitrogens with one attached hydrogen (secondary N) is 1. The molecular formula is C29H34F4N6O. The van der Waals surface area contributed by atoms with Crippen LogP contribution in [0.2, 0.25) is 0 Å². The largest absolute Gasteiger partial charge is 0.453 e. The van der Waals surface area contributed by atoms with E-state index in [1.807, 2.05) is 12.1 Å². The first-order chi connectivity index (χ1) is 19.1. The van der Waals surface area contributed by atoms with E-state index >= 15 is 0 Å². The van der Waals surface area contributed by atoms with E-state index in [0.717, 1.165) is 45.2 Å². The van der Waals surface area contributed by atoms with Gasteiger partial charge in [-0.1, -0.05) is 38.1 Å². The lowest BCUT2D eigenvalue weighted by molar-refractivity contribution is -0.146. The molecule has 40 heavy (non-hydrogen) atoms. The molecular weight excluding hydrogens is 524 g/mol. The van der Waals surface area contributed by atoms with Crippen molar-refractivity contribution in [1.29, 1.82) is 0 Å². The number of alkyl halides is 3. The molecule has 1 amide bonds. The molecule has 1 N–H and O–H groups in total. The van der Waals surface area contributed by atoms with Gasteiger partial charge in [0, 0.05) is 12.6 Å². The fourth-order valence-electron chi connectivity index (χ4n) is 6.38. The van der Waals surface area contributed by atoms with Gasteiger partial charge in [-0.05, 0) is 103 Å². The summed E-state index contributed by atoms with van der Waals surface area (Å²) in [4.78, 5) is 16.1. The molecule has 1 aliphatic carbocycles. The molecule has 0 spiro atoms. The Kier molecular flexibility index (Phi) is 7.94. The van der Waals surface area contributed by atoms with Gasteiger partial charge in [-0.15, -0.1) is 5.10 Å². The van der Waals surface area contributed by atoms with Gasteiger partial charge in [0.2, 0.25) is 5.91 Å². The SMILES string of the molecule is CC(C)C1(C(=O)NCc2cccc(-n3nnnc3C(F)(F)F)c2)CCC(N2CCC(c3ccc(F)cc3)CC2)C1. The average molecular weight is 559 g/mol. The highest BCUT2D eigenvalue weighted by molar-refractivity contribution is 5.83. The van der Waals surface area contributed by atoms with E-state index in [9.17, 15) is 22.4 Å². The molecule has 1 aliphatic heterocycles. The third-order valence-electron chi connectivity index (χ3n) is 8.80. The minimum Gasteiger partial charge on any atom is -0.352 e. The first-order valence-corrected chi connectivity index (χ1v) is 13.8. The fourth-order valence-corrected chi connectivity index (χ4v) is 6.38. The topological polar surface area (TPSA) is 75.9 Å². The maximum Gasteiger partial charge on any atom is 0.453 e. The van der Waals surface area contributed by atoms with Crippen molar-refractivity contribution in [2.45, 2.75) is 70.6 Å². The number of likely N-dealkylation sites (tertiary alicyclic amines) is 1. The molecule has 2 fully saturated rings. The molecule has 1 aromatic heterocycles. The molecule has 1 saturated carbocycles. The van der Waals surface area contributed by atoms with Crippen LogP contribution in [0, 0.1) is 17.2 Å². The quantitative estimate of drug-likeness (QED) is 0.387. The van der Waals surface area contributed by atoms with Crippen LogP contribution in [0.5, 0.6) is 0 Å². The van der Waals surface area contributed by atoms with Crippen molar-refractivity contribution in [3.8, 4) is 5.69 Å². The van der Waals surface area contributed by atoms with Crippen LogP contribution >= 0.6 is 0 Å². The van der Waals surface area contributed by atoms with Crippen LogP contribution < -0.4 is 5.32 Å². The van der Waals surface area contributed by atoms with Crippen molar-refractivity contribution >= 4 is 5.91 Å². The zero-order valence-electron chi connectivity index (χ0n) is 22.7. The molecule has 0 bridgehead atoms. The molecule has 11 heteroatoms. The first kappa shape index (κ1) is 28.2. The maximum atomic E-state index is 13.6. The van der Waals surface area contributed by atoms with Gasteiger partial charge in [-0.25, -0.2) is 4.39 Å². The lowest BCUT2D eigenvalue weighted by Gasteiger charge is -2.38. The van der Waals surface area contributed by atoms with Crippen molar-refractivity contribution in [1.82, 2.24) is 30.4 Å². The number of hydrogen-bond donors (Lipinski definition) is 1. The Bertz CT molecular complexity index is 1320. The smallest absolute Gasteiger partial charge is 0.352 e. The second-order valence-electron chi connectivity index (χ2n) is 11.3. The highest BCUT2D eigenvalue weighted by Crippen LogP contribution is 2.47. The highest BCUT2D eigenvalue weighted by atomic mass is 19.4. The molecule has 214 valence electrons. The number of nitrogens with zero attached hydrogens (tertiary/aromatic N) is 5. The third kappa shape index (κ3) is 5.75. The van der Waals surface area contributed by atoms with Gasteiger partial charge in [-0.3, -0.25) is 4.79 Å². The summed E-state index contributed by atoms with van der Waals surface area (Å²) in [5.41, 5.74) is 1.51. The Balaban J connectivity index is 1.21. The summed E-state index contributed by atoms with van der Waals surface area (Å²) in [6, 6.07) is 13.6. The second kappa shape index (κ2) is 11.3. The van der Waals surface area contributed by atoms with Gasteiger partial charge in [0.1, 0.15) is 5.82 Å². The Labute approximate surface area is 230 Å². The van der Waals surface area contributed by atoms with Gasteiger partial charge in [0.15, 0.2) is 0 Å². The van der Waals surface area contributed by atoms with Crippen LogP contribution in [-0.4, -0.2) is 50.1 Å². The van der Waals surface area contributed by atoms with Gasteiger partial charge < -0.3 is 10.2 Å². The van der Waals surface area contributed by atoms with Crippen LogP contribution in [-0.2, 0) is 17.5 Å². The minimum absolute atomic E-state index is 0.0185. The summed E-state index contributed by atoms with van der Waals surface area (Å²) >= 11 is 0. The molecule has 2 atom stereocenters. The predicted molar refractivity (Wildman–Crippen MR) is 141 cm³/mol. The van der Waals surface area contributed by atoms with Crippen molar-refractivity contribution in [3.05, 3.63) is 71.3 Å². The second-order valence-corrected chi connectivity index (χ2v) is 11.3. The predicted octanol–water partition coefficient (Wildman–Crippen LogP) is 5.51. The zero-order valence-corrected chi connectivity index (χ0v) is 22.7. The molecule has 3 aromatic rings. The summed E-state index contributed by atoms with van der Waals surface area (Å²) in [6.45, 7) is 6.26. The number of carbonyl (C=O) groups excluding carboxylic acids is 1. The lowest BCUT2D eigenvalue weighted by atomic mass is 9.74. The van der Waals surface area contributed by atoms with Crippen LogP contribution in [0.3, 0.4) is 0 Å². The molecule has 7 nitrogen and oxygen atoms in total. The molecule has 2 heterocycles. The highest BCUT2D eigenvalue weighted by Gasteiger charge is 2.49. The summed E-state index contributed by atoms with van der Waals surface area (Å²) in [5, 5.41) is 12.8. The zero-order chi connectivity index (χ0) is 28.5. The molecule has 2 aromatic carbocycles. The van der Waals surface area contributed by atoms with E-state index < -0.39 is 17.4 Å². The number of carbonyl (C=O) groups is 1. The van der Waals surface area contributed by atoms with Gasteiger partial charge in [-0.2, -0.15) is 17.9 Å². The Morgan fingerprint density at radius 3 is 2.50 bits per heavy atom. The van der Waals surface area contributed by atoms with Crippen molar-refractivity contribution in [2.75, 3.05) is 13.1 Å². The summed E-state index contributed by atoms with van der Waals surface area (Å²) in [7, 11) is 0. The Morgan fingerprint density at radius 1 is 1.10 bits per heavy atom. The third-order valence-corrected chi connectivity index (χ3v) is 8.80. The molecule has 1 saturated heterocycles. The lowest BCUT2D eigenvalue weighted by Crippen LogP contribution is -2.45. The van der Waals surface area contributed by atoms with Crippen LogP contribution in [0.1, 0.15) is 68.8 Å². The number of halogens is 4. The van der Waals surface area contributed by atoms with Gasteiger partial charge >= 0.3 is 6.18 Å². The van der Waals surface area contributed by atoms with E-state index in [1.165, 1.54) is 23.8 Å². The number of piperidine rings is 1. The van der Waals surface area contributed by atoms with Crippen molar-refractivity contribution < 1.29 is 22.4 Å². The van der Waals surface area contributed by atoms with Gasteiger partial charge in [0.25, 0.3) is 5.82 Å². The first-order valence-electron chi connectivity index (χ1n) is 13.8. The fraction of sp³-hybridized carbons (Fsp3) is 0.517. The van der Waals surface area contributed by atoms with Crippen LogP contribution in [0.4, 0.5) is 17.6 Å². The maximum absolute atomic E-state index is 13.6. The Morgan fingerprint density at radius 2 is 1.82 bits per heavy atom. The van der Waals surface area contributed by atoms with Crippen molar-refractivity contribution in [2.24, 2.45) is 11.3 Å². The van der Waals surface area contributed by atoms with Crippen LogP contribution in [0.25, 0.3) is 5.69 Å². The van der Waals surface area contributed by atoms with Crippen LogP contribution in [0.15, 0.2) is 48.5 Å². The van der Waals surface area contributed by atoms with E-state index in [-0.39, 0.29) is 29.9 Å². The van der Waals surface area contributed by atoms with Crippen molar-refractivity contribution in [3.63, 3.8) is 0 Å². The van der Waals surface area contributed by atoms with E-state index in [4.69, 9.17) is 0 Å². The Hall–Kier alpha value is -3.34. The molecule has 0 radical (unpaired) electrons. The summed E-state index contributed by atoms with van der Waals surface area (Å²) in [5.74, 6) is -0.878. The normalized spacial score (nSPS) is 22.6.